The average molecular weight is 280 g/mol. The Labute approximate surface area is 103 Å². The summed E-state index contributed by atoms with van der Waals surface area (Å²) in [6.07, 6.45) is 2.02. The largest absolute Gasteiger partial charge is 0.263 e. The number of rotatable bonds is 3. The van der Waals surface area contributed by atoms with Gasteiger partial charge in [0.05, 0.1) is 0 Å². The van der Waals surface area contributed by atoms with Crippen LogP contribution in [0.5, 0.6) is 0 Å². The predicted molar refractivity (Wildman–Crippen MR) is 68.3 cm³/mol. The Balaban J connectivity index is 2.34. The lowest BCUT2D eigenvalue weighted by Crippen LogP contribution is -1.86. The van der Waals surface area contributed by atoms with Gasteiger partial charge in [-0.25, -0.2) is 4.98 Å². The molecule has 0 radical (unpaired) electrons. The van der Waals surface area contributed by atoms with E-state index in [1.165, 1.54) is 5.56 Å². The zero-order valence-electron chi connectivity index (χ0n) is 9.42. The molecule has 0 amide bonds. The van der Waals surface area contributed by atoms with Gasteiger partial charge in [0.2, 0.25) is 0 Å². The van der Waals surface area contributed by atoms with Gasteiger partial charge in [-0.3, -0.25) is 5.10 Å². The fourth-order valence-electron chi connectivity index (χ4n) is 1.64. The summed E-state index contributed by atoms with van der Waals surface area (Å²) in [7, 11) is 0. The third-order valence-electron chi connectivity index (χ3n) is 2.32. The van der Waals surface area contributed by atoms with Gasteiger partial charge in [0.15, 0.2) is 5.82 Å². The Morgan fingerprint density at radius 2 is 2.12 bits per heavy atom. The minimum Gasteiger partial charge on any atom is -0.263 e. The van der Waals surface area contributed by atoms with Crippen molar-refractivity contribution in [2.45, 2.75) is 26.7 Å². The van der Waals surface area contributed by atoms with Crippen LogP contribution in [0, 0.1) is 6.92 Å². The first-order valence-electron chi connectivity index (χ1n) is 5.38. The second-order valence-corrected chi connectivity index (χ2v) is 4.79. The lowest BCUT2D eigenvalue weighted by atomic mass is 10.1. The van der Waals surface area contributed by atoms with Crippen LogP contribution in [0.2, 0.25) is 0 Å². The molecule has 4 heteroatoms. The van der Waals surface area contributed by atoms with Gasteiger partial charge in [-0.15, -0.1) is 0 Å². The molecular formula is C12H14BrN3. The summed E-state index contributed by atoms with van der Waals surface area (Å²) in [4.78, 5) is 4.46. The van der Waals surface area contributed by atoms with E-state index in [2.05, 4.69) is 57.1 Å². The van der Waals surface area contributed by atoms with Crippen LogP contribution in [-0.4, -0.2) is 15.2 Å². The Kier molecular flexibility index (Phi) is 3.39. The molecule has 0 unspecified atom stereocenters. The molecule has 0 spiro atoms. The molecule has 0 aliphatic rings. The van der Waals surface area contributed by atoms with Crippen molar-refractivity contribution in [2.24, 2.45) is 0 Å². The number of halogens is 1. The lowest BCUT2D eigenvalue weighted by Gasteiger charge is -1.99. The smallest absolute Gasteiger partial charge is 0.181 e. The van der Waals surface area contributed by atoms with E-state index in [4.69, 9.17) is 0 Å². The molecule has 84 valence electrons. The number of hydrogen-bond acceptors (Lipinski definition) is 2. The molecule has 2 rings (SSSR count). The SMILES string of the molecule is CCCc1nc(-c2cc(C)cc(Br)c2)n[nH]1. The summed E-state index contributed by atoms with van der Waals surface area (Å²) < 4.78 is 1.06. The first-order chi connectivity index (χ1) is 7.69. The zero-order valence-corrected chi connectivity index (χ0v) is 11.0. The van der Waals surface area contributed by atoms with Crippen LogP contribution in [0.3, 0.4) is 0 Å². The van der Waals surface area contributed by atoms with E-state index >= 15 is 0 Å². The summed E-state index contributed by atoms with van der Waals surface area (Å²) in [6, 6.07) is 6.19. The van der Waals surface area contributed by atoms with E-state index < -0.39 is 0 Å². The number of aromatic amines is 1. The summed E-state index contributed by atoms with van der Waals surface area (Å²) >= 11 is 3.48. The standard InChI is InChI=1S/C12H14BrN3/c1-3-4-11-14-12(16-15-11)9-5-8(2)6-10(13)7-9/h5-7H,3-4H2,1-2H3,(H,14,15,16). The van der Waals surface area contributed by atoms with Crippen molar-refractivity contribution < 1.29 is 0 Å². The predicted octanol–water partition coefficient (Wildman–Crippen LogP) is 3.50. The highest BCUT2D eigenvalue weighted by Gasteiger charge is 2.06. The van der Waals surface area contributed by atoms with Gasteiger partial charge >= 0.3 is 0 Å². The minimum absolute atomic E-state index is 0.771. The fourth-order valence-corrected chi connectivity index (χ4v) is 2.25. The van der Waals surface area contributed by atoms with Gasteiger partial charge in [-0.1, -0.05) is 22.9 Å². The molecule has 0 bridgehead atoms. The topological polar surface area (TPSA) is 41.6 Å². The van der Waals surface area contributed by atoms with Crippen LogP contribution in [0.1, 0.15) is 24.7 Å². The first kappa shape index (κ1) is 11.3. The van der Waals surface area contributed by atoms with Crippen LogP contribution in [0.25, 0.3) is 11.4 Å². The quantitative estimate of drug-likeness (QED) is 0.935. The maximum absolute atomic E-state index is 4.46. The summed E-state index contributed by atoms with van der Waals surface area (Å²) in [5, 5.41) is 7.20. The van der Waals surface area contributed by atoms with E-state index in [1.807, 2.05) is 6.07 Å². The molecule has 1 aromatic carbocycles. The van der Waals surface area contributed by atoms with Crippen molar-refractivity contribution in [3.05, 3.63) is 34.1 Å². The molecule has 0 aliphatic heterocycles. The molecule has 0 fully saturated rings. The maximum atomic E-state index is 4.46. The van der Waals surface area contributed by atoms with Crippen LogP contribution >= 0.6 is 15.9 Å². The second kappa shape index (κ2) is 4.78. The maximum Gasteiger partial charge on any atom is 0.181 e. The van der Waals surface area contributed by atoms with Gasteiger partial charge in [0, 0.05) is 16.5 Å². The molecule has 2 aromatic rings. The Morgan fingerprint density at radius 3 is 2.81 bits per heavy atom. The summed E-state index contributed by atoms with van der Waals surface area (Å²) in [5.74, 6) is 1.72. The van der Waals surface area contributed by atoms with E-state index in [-0.39, 0.29) is 0 Å². The number of benzene rings is 1. The highest BCUT2D eigenvalue weighted by atomic mass is 79.9. The van der Waals surface area contributed by atoms with E-state index in [0.29, 0.717) is 0 Å². The Bertz CT molecular complexity index is 471. The van der Waals surface area contributed by atoms with Crippen molar-refractivity contribution in [3.63, 3.8) is 0 Å². The number of H-pyrrole nitrogens is 1. The minimum atomic E-state index is 0.771. The van der Waals surface area contributed by atoms with Crippen LogP contribution in [0.4, 0.5) is 0 Å². The van der Waals surface area contributed by atoms with Crippen molar-refractivity contribution >= 4 is 15.9 Å². The Morgan fingerprint density at radius 1 is 1.31 bits per heavy atom. The molecule has 1 heterocycles. The van der Waals surface area contributed by atoms with Gasteiger partial charge in [-0.05, 0) is 37.1 Å². The first-order valence-corrected chi connectivity index (χ1v) is 6.17. The zero-order chi connectivity index (χ0) is 11.5. The van der Waals surface area contributed by atoms with Crippen molar-refractivity contribution in [2.75, 3.05) is 0 Å². The van der Waals surface area contributed by atoms with Crippen molar-refractivity contribution in [1.29, 1.82) is 0 Å². The third kappa shape index (κ3) is 2.50. The van der Waals surface area contributed by atoms with E-state index in [1.54, 1.807) is 0 Å². The monoisotopic (exact) mass is 279 g/mol. The number of nitrogens with one attached hydrogen (secondary N) is 1. The number of hydrogen-bond donors (Lipinski definition) is 1. The molecule has 1 N–H and O–H groups in total. The van der Waals surface area contributed by atoms with E-state index in [9.17, 15) is 0 Å². The number of nitrogens with zero attached hydrogens (tertiary/aromatic N) is 2. The van der Waals surface area contributed by atoms with Gasteiger partial charge in [0.25, 0.3) is 0 Å². The lowest BCUT2D eigenvalue weighted by molar-refractivity contribution is 0.841. The molecule has 3 nitrogen and oxygen atoms in total. The third-order valence-corrected chi connectivity index (χ3v) is 2.78. The highest BCUT2D eigenvalue weighted by Crippen LogP contribution is 2.22. The molecule has 1 aromatic heterocycles. The summed E-state index contributed by atoms with van der Waals surface area (Å²) in [5.41, 5.74) is 2.25. The highest BCUT2D eigenvalue weighted by molar-refractivity contribution is 9.10. The number of aryl methyl sites for hydroxylation is 2. The average Bonchev–Trinajstić information content (AvgIpc) is 2.65. The Hall–Kier alpha value is -1.16. The van der Waals surface area contributed by atoms with Crippen molar-refractivity contribution in [1.82, 2.24) is 15.2 Å². The van der Waals surface area contributed by atoms with Gasteiger partial charge < -0.3 is 0 Å². The van der Waals surface area contributed by atoms with E-state index in [0.717, 1.165) is 34.5 Å². The van der Waals surface area contributed by atoms with Crippen LogP contribution in [-0.2, 0) is 6.42 Å². The van der Waals surface area contributed by atoms with Crippen molar-refractivity contribution in [3.8, 4) is 11.4 Å². The van der Waals surface area contributed by atoms with Crippen LogP contribution < -0.4 is 0 Å². The second-order valence-electron chi connectivity index (χ2n) is 3.87. The molecule has 0 atom stereocenters. The normalized spacial score (nSPS) is 10.7. The molecule has 0 saturated heterocycles. The number of aromatic nitrogens is 3. The molecule has 0 aliphatic carbocycles. The molecule has 16 heavy (non-hydrogen) atoms. The van der Waals surface area contributed by atoms with Gasteiger partial charge in [-0.2, -0.15) is 5.10 Å². The fraction of sp³-hybridized carbons (Fsp3) is 0.333. The molecule has 0 saturated carbocycles. The van der Waals surface area contributed by atoms with Gasteiger partial charge in [0.1, 0.15) is 5.82 Å². The summed E-state index contributed by atoms with van der Waals surface area (Å²) in [6.45, 7) is 4.19. The van der Waals surface area contributed by atoms with Crippen LogP contribution in [0.15, 0.2) is 22.7 Å². The molecular weight excluding hydrogens is 266 g/mol.